The van der Waals surface area contributed by atoms with Crippen LogP contribution in [-0.4, -0.2) is 31.6 Å². The lowest BCUT2D eigenvalue weighted by atomic mass is 10.2. The Morgan fingerprint density at radius 3 is 2.74 bits per heavy atom. The van der Waals surface area contributed by atoms with Gasteiger partial charge in [-0.05, 0) is 32.5 Å². The first-order valence-electron chi connectivity index (χ1n) is 6.37. The molecule has 1 atom stereocenters. The minimum absolute atomic E-state index is 0.0465. The van der Waals surface area contributed by atoms with Gasteiger partial charge in [-0.2, -0.15) is 10.5 Å². The molecule has 0 spiro atoms. The Morgan fingerprint density at radius 1 is 1.32 bits per heavy atom. The van der Waals surface area contributed by atoms with Crippen LogP contribution in [0.15, 0.2) is 24.3 Å². The average molecular weight is 257 g/mol. The third-order valence-electron chi connectivity index (χ3n) is 2.76. The van der Waals surface area contributed by atoms with Crippen LogP contribution in [0.1, 0.15) is 18.9 Å². The molecule has 0 amide bonds. The van der Waals surface area contributed by atoms with Gasteiger partial charge in [0.1, 0.15) is 11.8 Å². The van der Waals surface area contributed by atoms with Gasteiger partial charge in [-0.15, -0.1) is 0 Å². The molecule has 100 valence electrons. The summed E-state index contributed by atoms with van der Waals surface area (Å²) in [6.07, 6.45) is 0.869. The number of hydrogen-bond donors (Lipinski definition) is 0. The molecule has 0 fully saturated rings. The van der Waals surface area contributed by atoms with Crippen LogP contribution in [0, 0.1) is 28.6 Å². The van der Waals surface area contributed by atoms with Crippen molar-refractivity contribution in [2.75, 3.05) is 26.7 Å². The van der Waals surface area contributed by atoms with E-state index in [1.54, 1.807) is 12.1 Å². The van der Waals surface area contributed by atoms with Crippen molar-refractivity contribution in [1.82, 2.24) is 4.90 Å². The Hall–Kier alpha value is -2.04. The van der Waals surface area contributed by atoms with E-state index in [2.05, 4.69) is 17.0 Å². The normalized spacial score (nSPS) is 11.6. The summed E-state index contributed by atoms with van der Waals surface area (Å²) in [4.78, 5) is 2.12. The Morgan fingerprint density at radius 2 is 2.05 bits per heavy atom. The van der Waals surface area contributed by atoms with Crippen LogP contribution < -0.4 is 4.74 Å². The molecule has 1 unspecified atom stereocenters. The Balaban J connectivity index is 2.28. The molecular formula is C15H19N3O. The first kappa shape index (κ1) is 15.0. The van der Waals surface area contributed by atoms with E-state index in [1.807, 2.05) is 26.1 Å². The van der Waals surface area contributed by atoms with Gasteiger partial charge in [0.15, 0.2) is 0 Å². The second-order valence-corrected chi connectivity index (χ2v) is 4.60. The van der Waals surface area contributed by atoms with Crippen LogP contribution in [-0.2, 0) is 0 Å². The minimum atomic E-state index is 0.0465. The second-order valence-electron chi connectivity index (χ2n) is 4.60. The number of nitriles is 2. The number of benzene rings is 1. The predicted molar refractivity (Wildman–Crippen MR) is 73.5 cm³/mol. The van der Waals surface area contributed by atoms with Crippen molar-refractivity contribution < 1.29 is 4.74 Å². The Labute approximate surface area is 114 Å². The maximum Gasteiger partial charge on any atom is 0.137 e. The van der Waals surface area contributed by atoms with Gasteiger partial charge in [0.05, 0.1) is 24.2 Å². The first-order valence-corrected chi connectivity index (χ1v) is 6.37. The number of para-hydroxylation sites is 1. The van der Waals surface area contributed by atoms with Crippen molar-refractivity contribution in [1.29, 1.82) is 10.5 Å². The van der Waals surface area contributed by atoms with Crippen molar-refractivity contribution in [3.05, 3.63) is 29.8 Å². The van der Waals surface area contributed by atoms with E-state index in [9.17, 15) is 0 Å². The summed E-state index contributed by atoms with van der Waals surface area (Å²) in [5.74, 6) is 0.684. The molecule has 4 nitrogen and oxygen atoms in total. The summed E-state index contributed by atoms with van der Waals surface area (Å²) >= 11 is 0. The number of rotatable bonds is 7. The standard InChI is InChI=1S/C15H19N3O/c1-13(10-16)12-18(2)8-5-9-19-15-7-4-3-6-14(15)11-17/h3-4,6-7,13H,5,8-9,12H2,1-2H3. The highest BCUT2D eigenvalue weighted by Crippen LogP contribution is 2.16. The zero-order chi connectivity index (χ0) is 14.1. The highest BCUT2D eigenvalue weighted by molar-refractivity contribution is 5.42. The lowest BCUT2D eigenvalue weighted by molar-refractivity contribution is 0.253. The quantitative estimate of drug-likeness (QED) is 0.704. The topological polar surface area (TPSA) is 60.1 Å². The summed E-state index contributed by atoms with van der Waals surface area (Å²) < 4.78 is 5.60. The summed E-state index contributed by atoms with van der Waals surface area (Å²) in [5.41, 5.74) is 0.564. The average Bonchev–Trinajstić information content (AvgIpc) is 2.43. The lowest BCUT2D eigenvalue weighted by Crippen LogP contribution is -2.26. The maximum absolute atomic E-state index is 8.92. The zero-order valence-electron chi connectivity index (χ0n) is 11.5. The summed E-state index contributed by atoms with van der Waals surface area (Å²) in [7, 11) is 2.00. The van der Waals surface area contributed by atoms with E-state index in [0.29, 0.717) is 17.9 Å². The van der Waals surface area contributed by atoms with Crippen molar-refractivity contribution in [3.63, 3.8) is 0 Å². The molecule has 1 rings (SSSR count). The highest BCUT2D eigenvalue weighted by Gasteiger charge is 2.05. The third-order valence-corrected chi connectivity index (χ3v) is 2.76. The van der Waals surface area contributed by atoms with Crippen LogP contribution >= 0.6 is 0 Å². The molecular weight excluding hydrogens is 238 g/mol. The Kier molecular flexibility index (Phi) is 6.43. The van der Waals surface area contributed by atoms with Crippen LogP contribution in [0.25, 0.3) is 0 Å². The molecule has 0 N–H and O–H groups in total. The largest absolute Gasteiger partial charge is 0.492 e. The summed E-state index contributed by atoms with van der Waals surface area (Å²) in [5, 5.41) is 17.7. The van der Waals surface area contributed by atoms with E-state index in [1.165, 1.54) is 0 Å². The van der Waals surface area contributed by atoms with E-state index >= 15 is 0 Å². The van der Waals surface area contributed by atoms with Crippen molar-refractivity contribution in [2.24, 2.45) is 5.92 Å². The second kappa shape index (κ2) is 8.13. The maximum atomic E-state index is 8.92. The molecule has 1 aromatic carbocycles. The number of nitrogens with zero attached hydrogens (tertiary/aromatic N) is 3. The van der Waals surface area contributed by atoms with E-state index < -0.39 is 0 Å². The van der Waals surface area contributed by atoms with Gasteiger partial charge in [-0.3, -0.25) is 0 Å². The molecule has 0 aromatic heterocycles. The molecule has 0 saturated heterocycles. The lowest BCUT2D eigenvalue weighted by Gasteiger charge is -2.17. The molecule has 0 bridgehead atoms. The van der Waals surface area contributed by atoms with Crippen LogP contribution in [0.2, 0.25) is 0 Å². The fraction of sp³-hybridized carbons (Fsp3) is 0.467. The molecule has 19 heavy (non-hydrogen) atoms. The van der Waals surface area contributed by atoms with Crippen LogP contribution in [0.5, 0.6) is 5.75 Å². The van der Waals surface area contributed by atoms with Gasteiger partial charge >= 0.3 is 0 Å². The predicted octanol–water partition coefficient (Wildman–Crippen LogP) is 2.42. The van der Waals surface area contributed by atoms with Gasteiger partial charge < -0.3 is 9.64 Å². The van der Waals surface area contributed by atoms with Crippen LogP contribution in [0.4, 0.5) is 0 Å². The smallest absolute Gasteiger partial charge is 0.137 e. The minimum Gasteiger partial charge on any atom is -0.492 e. The fourth-order valence-corrected chi connectivity index (χ4v) is 1.80. The van der Waals surface area contributed by atoms with Gasteiger partial charge in [0.25, 0.3) is 0 Å². The van der Waals surface area contributed by atoms with Gasteiger partial charge in [-0.1, -0.05) is 12.1 Å². The number of hydrogen-bond acceptors (Lipinski definition) is 4. The van der Waals surface area contributed by atoms with Crippen molar-refractivity contribution in [3.8, 4) is 17.9 Å². The monoisotopic (exact) mass is 257 g/mol. The van der Waals surface area contributed by atoms with E-state index in [0.717, 1.165) is 19.5 Å². The summed E-state index contributed by atoms with van der Waals surface area (Å²) in [6.45, 7) is 4.13. The molecule has 0 aliphatic heterocycles. The molecule has 1 aromatic rings. The molecule has 0 saturated carbocycles. The fourth-order valence-electron chi connectivity index (χ4n) is 1.80. The molecule has 0 aliphatic rings. The Bertz CT molecular complexity index is 473. The van der Waals surface area contributed by atoms with Crippen molar-refractivity contribution >= 4 is 0 Å². The van der Waals surface area contributed by atoms with Crippen LogP contribution in [0.3, 0.4) is 0 Å². The summed E-state index contributed by atoms with van der Waals surface area (Å²) in [6, 6.07) is 11.6. The highest BCUT2D eigenvalue weighted by atomic mass is 16.5. The third kappa shape index (κ3) is 5.42. The van der Waals surface area contributed by atoms with Gasteiger partial charge in [-0.25, -0.2) is 0 Å². The van der Waals surface area contributed by atoms with Gasteiger partial charge in [0, 0.05) is 13.1 Å². The first-order chi connectivity index (χ1) is 9.17. The zero-order valence-corrected chi connectivity index (χ0v) is 11.5. The number of ether oxygens (including phenoxy) is 1. The molecule has 0 aliphatic carbocycles. The SMILES string of the molecule is CC(C#N)CN(C)CCCOc1ccccc1C#N. The molecule has 0 heterocycles. The van der Waals surface area contributed by atoms with E-state index in [4.69, 9.17) is 15.3 Å². The van der Waals surface area contributed by atoms with E-state index in [-0.39, 0.29) is 5.92 Å². The van der Waals surface area contributed by atoms with Gasteiger partial charge in [0.2, 0.25) is 0 Å². The van der Waals surface area contributed by atoms with Crippen molar-refractivity contribution in [2.45, 2.75) is 13.3 Å². The molecule has 0 radical (unpaired) electrons. The molecule has 4 heteroatoms.